The molecule has 0 unspecified atom stereocenters. The van der Waals surface area contributed by atoms with Gasteiger partial charge in [-0.1, -0.05) is 24.3 Å². The standard InChI is InChI=1S/C20H19N3O3S/c1-13-6-5-8-16(14(13)2)22-19(25)15-7-3-4-9-17(15)26-12-18(24)23-20-21-10-11-27-20/h3-11H,12H2,1-2H3,(H,22,25)(H,21,23,24). The number of para-hydroxylation sites is 1. The largest absolute Gasteiger partial charge is 0.483 e. The van der Waals surface area contributed by atoms with Gasteiger partial charge in [0, 0.05) is 17.3 Å². The van der Waals surface area contributed by atoms with E-state index in [1.807, 2.05) is 32.0 Å². The van der Waals surface area contributed by atoms with Crippen molar-refractivity contribution in [2.24, 2.45) is 0 Å². The molecule has 0 fully saturated rings. The number of nitrogens with one attached hydrogen (secondary N) is 2. The van der Waals surface area contributed by atoms with Gasteiger partial charge in [0.15, 0.2) is 11.7 Å². The molecule has 6 nitrogen and oxygen atoms in total. The highest BCUT2D eigenvalue weighted by Gasteiger charge is 2.15. The van der Waals surface area contributed by atoms with Gasteiger partial charge in [0.2, 0.25) is 0 Å². The van der Waals surface area contributed by atoms with Crippen LogP contribution in [0.1, 0.15) is 21.5 Å². The highest BCUT2D eigenvalue weighted by Crippen LogP contribution is 2.23. The summed E-state index contributed by atoms with van der Waals surface area (Å²) in [5, 5.41) is 7.81. The second kappa shape index (κ2) is 8.46. The molecule has 3 aromatic rings. The number of nitrogens with zero attached hydrogens (tertiary/aromatic N) is 1. The first kappa shape index (κ1) is 18.6. The van der Waals surface area contributed by atoms with Crippen molar-refractivity contribution in [3.63, 3.8) is 0 Å². The number of hydrogen-bond donors (Lipinski definition) is 2. The Hall–Kier alpha value is -3.19. The van der Waals surface area contributed by atoms with Gasteiger partial charge in [-0.15, -0.1) is 11.3 Å². The predicted octanol–water partition coefficient (Wildman–Crippen LogP) is 4.03. The molecule has 138 valence electrons. The molecule has 0 atom stereocenters. The monoisotopic (exact) mass is 381 g/mol. The average molecular weight is 381 g/mol. The number of thiazole rings is 1. The minimum atomic E-state index is -0.338. The Bertz CT molecular complexity index is 955. The van der Waals surface area contributed by atoms with Crippen molar-refractivity contribution >= 4 is 34.0 Å². The van der Waals surface area contributed by atoms with E-state index in [4.69, 9.17) is 4.74 Å². The zero-order chi connectivity index (χ0) is 19.2. The third-order valence-electron chi connectivity index (χ3n) is 4.02. The van der Waals surface area contributed by atoms with Crippen LogP contribution < -0.4 is 15.4 Å². The van der Waals surface area contributed by atoms with Gasteiger partial charge in [-0.05, 0) is 43.2 Å². The van der Waals surface area contributed by atoms with Gasteiger partial charge in [0.25, 0.3) is 11.8 Å². The number of benzene rings is 2. The van der Waals surface area contributed by atoms with Gasteiger partial charge in [-0.2, -0.15) is 0 Å². The lowest BCUT2D eigenvalue weighted by molar-refractivity contribution is -0.118. The fourth-order valence-corrected chi connectivity index (χ4v) is 2.99. The Labute approximate surface area is 161 Å². The summed E-state index contributed by atoms with van der Waals surface area (Å²) in [5.74, 6) is -0.288. The Morgan fingerprint density at radius 1 is 1.07 bits per heavy atom. The molecule has 0 spiro atoms. The first-order valence-corrected chi connectivity index (χ1v) is 9.21. The maximum Gasteiger partial charge on any atom is 0.264 e. The maximum absolute atomic E-state index is 12.7. The molecule has 0 radical (unpaired) electrons. The number of ether oxygens (including phenoxy) is 1. The van der Waals surface area contributed by atoms with Crippen molar-refractivity contribution in [2.75, 3.05) is 17.2 Å². The molecule has 3 rings (SSSR count). The van der Waals surface area contributed by atoms with Crippen LogP contribution in [0.3, 0.4) is 0 Å². The highest BCUT2D eigenvalue weighted by atomic mass is 32.1. The van der Waals surface area contributed by atoms with Crippen molar-refractivity contribution in [2.45, 2.75) is 13.8 Å². The Morgan fingerprint density at radius 3 is 2.67 bits per heavy atom. The number of rotatable bonds is 6. The Morgan fingerprint density at radius 2 is 1.89 bits per heavy atom. The van der Waals surface area contributed by atoms with Crippen LogP contribution in [0.2, 0.25) is 0 Å². The van der Waals surface area contributed by atoms with Crippen molar-refractivity contribution in [3.8, 4) is 5.75 Å². The number of amides is 2. The summed E-state index contributed by atoms with van der Waals surface area (Å²) in [7, 11) is 0. The van der Waals surface area contributed by atoms with E-state index < -0.39 is 0 Å². The molecule has 0 bridgehead atoms. The summed E-state index contributed by atoms with van der Waals surface area (Å²) >= 11 is 1.32. The second-order valence-corrected chi connectivity index (χ2v) is 6.77. The first-order valence-electron chi connectivity index (χ1n) is 8.33. The van der Waals surface area contributed by atoms with Gasteiger partial charge in [-0.3, -0.25) is 14.9 Å². The molecule has 2 aromatic carbocycles. The molecule has 7 heteroatoms. The average Bonchev–Trinajstić information content (AvgIpc) is 3.17. The molecular weight excluding hydrogens is 362 g/mol. The summed E-state index contributed by atoms with van der Waals surface area (Å²) in [5.41, 5.74) is 3.21. The summed E-state index contributed by atoms with van der Waals surface area (Å²) in [6.45, 7) is 3.73. The molecule has 2 N–H and O–H groups in total. The zero-order valence-electron chi connectivity index (χ0n) is 15.0. The molecule has 0 aliphatic heterocycles. The number of carbonyl (C=O) groups excluding carboxylic acids is 2. The van der Waals surface area contributed by atoms with Gasteiger partial charge >= 0.3 is 0 Å². The number of anilines is 2. The zero-order valence-corrected chi connectivity index (χ0v) is 15.8. The lowest BCUT2D eigenvalue weighted by atomic mass is 10.1. The van der Waals surface area contributed by atoms with Crippen LogP contribution in [0, 0.1) is 13.8 Å². The fraction of sp³-hybridized carbons (Fsp3) is 0.150. The molecule has 2 amide bonds. The van der Waals surface area contributed by atoms with Crippen molar-refractivity contribution in [3.05, 3.63) is 70.7 Å². The van der Waals surface area contributed by atoms with E-state index in [2.05, 4.69) is 15.6 Å². The molecule has 0 aliphatic carbocycles. The van der Waals surface area contributed by atoms with E-state index in [9.17, 15) is 9.59 Å². The van der Waals surface area contributed by atoms with Crippen LogP contribution in [0.5, 0.6) is 5.75 Å². The molecule has 0 saturated carbocycles. The van der Waals surface area contributed by atoms with Crippen LogP contribution in [-0.2, 0) is 4.79 Å². The molecular formula is C20H19N3O3S. The van der Waals surface area contributed by atoms with E-state index in [1.54, 1.807) is 35.8 Å². The quantitative estimate of drug-likeness (QED) is 0.676. The number of carbonyl (C=O) groups is 2. The van der Waals surface area contributed by atoms with E-state index in [-0.39, 0.29) is 18.4 Å². The third kappa shape index (κ3) is 4.71. The molecule has 1 aromatic heterocycles. The second-order valence-electron chi connectivity index (χ2n) is 5.87. The summed E-state index contributed by atoms with van der Waals surface area (Å²) in [4.78, 5) is 28.7. The van der Waals surface area contributed by atoms with Crippen LogP contribution >= 0.6 is 11.3 Å². The molecule has 0 aliphatic rings. The van der Waals surface area contributed by atoms with Crippen LogP contribution in [0.25, 0.3) is 0 Å². The lowest BCUT2D eigenvalue weighted by Crippen LogP contribution is -2.21. The Kier molecular flexibility index (Phi) is 5.83. The molecule has 1 heterocycles. The van der Waals surface area contributed by atoms with Gasteiger partial charge in [0.05, 0.1) is 5.56 Å². The summed E-state index contributed by atoms with van der Waals surface area (Å²) in [6.07, 6.45) is 1.61. The van der Waals surface area contributed by atoms with E-state index in [0.29, 0.717) is 16.4 Å². The minimum Gasteiger partial charge on any atom is -0.483 e. The van der Waals surface area contributed by atoms with Crippen LogP contribution in [-0.4, -0.2) is 23.4 Å². The van der Waals surface area contributed by atoms with E-state index >= 15 is 0 Å². The van der Waals surface area contributed by atoms with Crippen molar-refractivity contribution in [1.82, 2.24) is 4.98 Å². The summed E-state index contributed by atoms with van der Waals surface area (Å²) in [6, 6.07) is 12.6. The first-order chi connectivity index (χ1) is 13.0. The fourth-order valence-electron chi connectivity index (χ4n) is 2.44. The number of aromatic nitrogens is 1. The minimum absolute atomic E-state index is 0.215. The highest BCUT2D eigenvalue weighted by molar-refractivity contribution is 7.13. The molecule has 27 heavy (non-hydrogen) atoms. The van der Waals surface area contributed by atoms with Crippen LogP contribution in [0.15, 0.2) is 54.0 Å². The SMILES string of the molecule is Cc1cccc(NC(=O)c2ccccc2OCC(=O)Nc2nccs2)c1C. The number of aryl methyl sites for hydroxylation is 1. The predicted molar refractivity (Wildman–Crippen MR) is 107 cm³/mol. The van der Waals surface area contributed by atoms with Gasteiger partial charge in [0.1, 0.15) is 5.75 Å². The van der Waals surface area contributed by atoms with Gasteiger partial charge < -0.3 is 10.1 Å². The lowest BCUT2D eigenvalue weighted by Gasteiger charge is -2.13. The molecule has 0 saturated heterocycles. The smallest absolute Gasteiger partial charge is 0.264 e. The number of hydrogen-bond acceptors (Lipinski definition) is 5. The van der Waals surface area contributed by atoms with Crippen molar-refractivity contribution < 1.29 is 14.3 Å². The van der Waals surface area contributed by atoms with E-state index in [0.717, 1.165) is 16.8 Å². The maximum atomic E-state index is 12.7. The van der Waals surface area contributed by atoms with Gasteiger partial charge in [-0.25, -0.2) is 4.98 Å². The third-order valence-corrected chi connectivity index (χ3v) is 4.71. The van der Waals surface area contributed by atoms with E-state index in [1.165, 1.54) is 11.3 Å². The van der Waals surface area contributed by atoms with Crippen molar-refractivity contribution in [1.29, 1.82) is 0 Å². The van der Waals surface area contributed by atoms with Crippen LogP contribution in [0.4, 0.5) is 10.8 Å². The Balaban J connectivity index is 1.68. The topological polar surface area (TPSA) is 80.3 Å². The normalized spacial score (nSPS) is 10.3. The summed E-state index contributed by atoms with van der Waals surface area (Å²) < 4.78 is 5.56.